The molecule has 26 heavy (non-hydrogen) atoms. The first kappa shape index (κ1) is 17.7. The lowest BCUT2D eigenvalue weighted by Gasteiger charge is -2.37. The molecule has 2 aliphatic rings. The molecule has 3 atom stereocenters. The monoisotopic (exact) mass is 374 g/mol. The molecule has 0 spiro atoms. The summed E-state index contributed by atoms with van der Waals surface area (Å²) < 4.78 is 5.97. The third-order valence-electron chi connectivity index (χ3n) is 5.74. The van der Waals surface area contributed by atoms with Crippen LogP contribution in [0.1, 0.15) is 57.9 Å². The lowest BCUT2D eigenvalue weighted by molar-refractivity contribution is -0.132. The molecule has 0 unspecified atom stereocenters. The number of aromatic nitrogens is 2. The summed E-state index contributed by atoms with van der Waals surface area (Å²) in [4.78, 5) is 17.9. The Labute approximate surface area is 158 Å². The topological polar surface area (TPSA) is 62.5 Å². The van der Waals surface area contributed by atoms with Crippen LogP contribution in [0, 0.1) is 0 Å². The Bertz CT molecular complexity index is 745. The number of amides is 1. The number of likely N-dealkylation sites (tertiary alicyclic amines) is 2. The van der Waals surface area contributed by atoms with Gasteiger partial charge in [-0.2, -0.15) is 0 Å². The Morgan fingerprint density at radius 3 is 2.88 bits per heavy atom. The van der Waals surface area contributed by atoms with Gasteiger partial charge in [-0.05, 0) is 50.6 Å². The number of thiophene rings is 1. The second-order valence-electron chi connectivity index (χ2n) is 7.20. The summed E-state index contributed by atoms with van der Waals surface area (Å²) in [5, 5.41) is 10.6. The highest BCUT2D eigenvalue weighted by molar-refractivity contribution is 7.13. The molecule has 2 fully saturated rings. The molecule has 2 aliphatic heterocycles. The standard InChI is InChI=1S/C19H26N4O2S/c1-3-17(24)23-11-5-8-15(23)14-7-4-10-22(14)13(2)18-20-21-19(25-18)16-9-6-12-26-16/h6,9,12-15H,3-5,7-8,10-11H2,1-2H3/t13-,14-,15-/m1/s1. The summed E-state index contributed by atoms with van der Waals surface area (Å²) in [7, 11) is 0. The van der Waals surface area contributed by atoms with Crippen LogP contribution in [0.2, 0.25) is 0 Å². The van der Waals surface area contributed by atoms with Gasteiger partial charge in [-0.1, -0.05) is 13.0 Å². The van der Waals surface area contributed by atoms with Crippen molar-refractivity contribution in [2.75, 3.05) is 13.1 Å². The summed E-state index contributed by atoms with van der Waals surface area (Å²) >= 11 is 1.61. The van der Waals surface area contributed by atoms with Gasteiger partial charge in [0, 0.05) is 25.0 Å². The van der Waals surface area contributed by atoms with Gasteiger partial charge >= 0.3 is 0 Å². The average Bonchev–Trinajstić information content (AvgIpc) is 3.45. The van der Waals surface area contributed by atoms with Crippen molar-refractivity contribution >= 4 is 17.2 Å². The molecule has 2 saturated heterocycles. The molecule has 6 nitrogen and oxygen atoms in total. The Balaban J connectivity index is 1.52. The number of hydrogen-bond donors (Lipinski definition) is 0. The van der Waals surface area contributed by atoms with Crippen LogP contribution in [-0.4, -0.2) is 51.1 Å². The minimum absolute atomic E-state index is 0.0721. The van der Waals surface area contributed by atoms with Crippen LogP contribution >= 0.6 is 11.3 Å². The van der Waals surface area contributed by atoms with E-state index in [1.54, 1.807) is 11.3 Å². The van der Waals surface area contributed by atoms with Gasteiger partial charge in [0.25, 0.3) is 5.89 Å². The molecule has 0 saturated carbocycles. The fourth-order valence-electron chi connectivity index (χ4n) is 4.46. The van der Waals surface area contributed by atoms with Crippen LogP contribution in [0.3, 0.4) is 0 Å². The van der Waals surface area contributed by atoms with E-state index < -0.39 is 0 Å². The molecule has 4 heterocycles. The Morgan fingerprint density at radius 1 is 1.31 bits per heavy atom. The maximum atomic E-state index is 12.3. The molecular weight excluding hydrogens is 348 g/mol. The predicted molar refractivity (Wildman–Crippen MR) is 101 cm³/mol. The second-order valence-corrected chi connectivity index (χ2v) is 8.14. The van der Waals surface area contributed by atoms with Crippen molar-refractivity contribution in [3.63, 3.8) is 0 Å². The molecule has 4 rings (SSSR count). The Hall–Kier alpha value is -1.73. The van der Waals surface area contributed by atoms with Crippen molar-refractivity contribution in [1.82, 2.24) is 20.0 Å². The first-order valence-electron chi connectivity index (χ1n) is 9.61. The molecular formula is C19H26N4O2S. The molecule has 0 N–H and O–H groups in total. The van der Waals surface area contributed by atoms with Gasteiger partial charge in [0.2, 0.25) is 11.8 Å². The molecule has 2 aromatic rings. The van der Waals surface area contributed by atoms with Crippen LogP contribution in [-0.2, 0) is 4.79 Å². The average molecular weight is 375 g/mol. The van der Waals surface area contributed by atoms with E-state index in [1.165, 1.54) is 0 Å². The van der Waals surface area contributed by atoms with Gasteiger partial charge in [0.1, 0.15) is 0 Å². The molecule has 1 amide bonds. The zero-order valence-electron chi connectivity index (χ0n) is 15.4. The SMILES string of the molecule is CCC(=O)N1CCC[C@@H]1[C@H]1CCCN1[C@H](C)c1nnc(-c2cccs2)o1. The molecule has 2 aromatic heterocycles. The number of carbonyl (C=O) groups is 1. The maximum Gasteiger partial charge on any atom is 0.257 e. The first-order valence-corrected chi connectivity index (χ1v) is 10.5. The summed E-state index contributed by atoms with van der Waals surface area (Å²) in [5.41, 5.74) is 0. The van der Waals surface area contributed by atoms with E-state index >= 15 is 0 Å². The molecule has 0 radical (unpaired) electrons. The van der Waals surface area contributed by atoms with E-state index in [4.69, 9.17) is 4.42 Å². The number of hydrogen-bond acceptors (Lipinski definition) is 6. The number of carbonyl (C=O) groups excluding carboxylic acids is 1. The molecule has 0 aromatic carbocycles. The molecule has 0 bridgehead atoms. The Kier molecular flexibility index (Phi) is 5.09. The minimum atomic E-state index is 0.0721. The highest BCUT2D eigenvalue weighted by atomic mass is 32.1. The van der Waals surface area contributed by atoms with Crippen molar-refractivity contribution in [2.45, 2.75) is 64.1 Å². The van der Waals surface area contributed by atoms with Gasteiger partial charge in [-0.25, -0.2) is 0 Å². The summed E-state index contributed by atoms with van der Waals surface area (Å²) in [6.07, 6.45) is 5.09. The van der Waals surface area contributed by atoms with E-state index in [2.05, 4.69) is 26.9 Å². The largest absolute Gasteiger partial charge is 0.418 e. The van der Waals surface area contributed by atoms with Crippen LogP contribution < -0.4 is 0 Å². The van der Waals surface area contributed by atoms with Crippen LogP contribution in [0.15, 0.2) is 21.9 Å². The van der Waals surface area contributed by atoms with Crippen molar-refractivity contribution in [3.8, 4) is 10.8 Å². The van der Waals surface area contributed by atoms with Crippen molar-refractivity contribution in [1.29, 1.82) is 0 Å². The predicted octanol–water partition coefficient (Wildman–Crippen LogP) is 3.72. The van der Waals surface area contributed by atoms with E-state index in [-0.39, 0.29) is 11.9 Å². The lowest BCUT2D eigenvalue weighted by atomic mass is 10.0. The molecule has 0 aliphatic carbocycles. The van der Waals surface area contributed by atoms with Crippen LogP contribution in [0.25, 0.3) is 10.8 Å². The van der Waals surface area contributed by atoms with Crippen molar-refractivity contribution < 1.29 is 9.21 Å². The van der Waals surface area contributed by atoms with E-state index in [0.29, 0.717) is 30.3 Å². The summed E-state index contributed by atoms with van der Waals surface area (Å²) in [6.45, 7) is 6.02. The second kappa shape index (κ2) is 7.48. The number of rotatable bonds is 5. The van der Waals surface area contributed by atoms with Crippen LogP contribution in [0.5, 0.6) is 0 Å². The van der Waals surface area contributed by atoms with Gasteiger partial charge in [0.05, 0.1) is 10.9 Å². The smallest absolute Gasteiger partial charge is 0.257 e. The fourth-order valence-corrected chi connectivity index (χ4v) is 5.10. The van der Waals surface area contributed by atoms with E-state index in [9.17, 15) is 4.79 Å². The van der Waals surface area contributed by atoms with E-state index in [1.807, 2.05) is 24.4 Å². The zero-order valence-corrected chi connectivity index (χ0v) is 16.2. The first-order chi connectivity index (χ1) is 12.7. The van der Waals surface area contributed by atoms with Crippen LogP contribution in [0.4, 0.5) is 0 Å². The minimum Gasteiger partial charge on any atom is -0.418 e. The molecule has 7 heteroatoms. The quantitative estimate of drug-likeness (QED) is 0.798. The highest BCUT2D eigenvalue weighted by Crippen LogP contribution is 2.36. The third-order valence-corrected chi connectivity index (χ3v) is 6.59. The zero-order chi connectivity index (χ0) is 18.1. The summed E-state index contributed by atoms with van der Waals surface area (Å²) in [6, 6.07) is 4.77. The normalized spacial score (nSPS) is 25.1. The maximum absolute atomic E-state index is 12.3. The third kappa shape index (κ3) is 3.18. The highest BCUT2D eigenvalue weighted by Gasteiger charge is 2.41. The van der Waals surface area contributed by atoms with Gasteiger partial charge < -0.3 is 9.32 Å². The van der Waals surface area contributed by atoms with Crippen molar-refractivity contribution in [2.24, 2.45) is 0 Å². The lowest BCUT2D eigenvalue weighted by Crippen LogP contribution is -2.48. The van der Waals surface area contributed by atoms with Gasteiger partial charge in [0.15, 0.2) is 0 Å². The number of nitrogens with zero attached hydrogens (tertiary/aromatic N) is 4. The Morgan fingerprint density at radius 2 is 2.12 bits per heavy atom. The van der Waals surface area contributed by atoms with E-state index in [0.717, 1.165) is 43.6 Å². The summed E-state index contributed by atoms with van der Waals surface area (Å²) in [5.74, 6) is 1.55. The fraction of sp³-hybridized carbons (Fsp3) is 0.632. The van der Waals surface area contributed by atoms with Gasteiger partial charge in [-0.3, -0.25) is 9.69 Å². The van der Waals surface area contributed by atoms with Crippen molar-refractivity contribution in [3.05, 3.63) is 23.4 Å². The van der Waals surface area contributed by atoms with Gasteiger partial charge in [-0.15, -0.1) is 21.5 Å². The molecule has 140 valence electrons.